The van der Waals surface area contributed by atoms with E-state index in [9.17, 15) is 14.4 Å². The fraction of sp³-hybridized carbons (Fsp3) is 0.345. The van der Waals surface area contributed by atoms with E-state index in [4.69, 9.17) is 0 Å². The summed E-state index contributed by atoms with van der Waals surface area (Å²) < 4.78 is 2.11. The molecular weight excluding hydrogens is 452 g/mol. The third-order valence-electron chi connectivity index (χ3n) is 7.85. The molecule has 2 aromatic carbocycles. The zero-order valence-electron chi connectivity index (χ0n) is 20.2. The Bertz CT molecular complexity index is 1290. The van der Waals surface area contributed by atoms with Crippen molar-refractivity contribution in [3.63, 3.8) is 0 Å². The number of fused-ring (bicyclic) bond motifs is 1. The van der Waals surface area contributed by atoms with Gasteiger partial charge in [0, 0.05) is 43.2 Å². The van der Waals surface area contributed by atoms with E-state index in [2.05, 4.69) is 63.6 Å². The van der Waals surface area contributed by atoms with Crippen LogP contribution in [0.4, 0.5) is 0 Å². The monoisotopic (exact) mass is 482 g/mol. The Kier molecular flexibility index (Phi) is 5.93. The average molecular weight is 483 g/mol. The van der Waals surface area contributed by atoms with Crippen LogP contribution in [0.25, 0.3) is 5.69 Å². The van der Waals surface area contributed by atoms with Crippen molar-refractivity contribution in [3.05, 3.63) is 89.2 Å². The average Bonchev–Trinajstić information content (AvgIpc) is 3.54. The van der Waals surface area contributed by atoms with Crippen molar-refractivity contribution in [2.45, 2.75) is 50.7 Å². The van der Waals surface area contributed by atoms with Gasteiger partial charge in [-0.1, -0.05) is 24.3 Å². The molecule has 0 radical (unpaired) electrons. The molecule has 1 unspecified atom stereocenters. The van der Waals surface area contributed by atoms with Crippen LogP contribution in [0.2, 0.25) is 0 Å². The minimum absolute atomic E-state index is 0.108. The zero-order valence-corrected chi connectivity index (χ0v) is 20.2. The van der Waals surface area contributed by atoms with Gasteiger partial charge in [0.2, 0.25) is 11.8 Å². The molecule has 36 heavy (non-hydrogen) atoms. The van der Waals surface area contributed by atoms with Gasteiger partial charge in [-0.3, -0.25) is 24.6 Å². The van der Waals surface area contributed by atoms with Crippen molar-refractivity contribution in [2.75, 3.05) is 13.1 Å². The normalized spacial score (nSPS) is 21.1. The van der Waals surface area contributed by atoms with Gasteiger partial charge in [0.1, 0.15) is 6.04 Å². The van der Waals surface area contributed by atoms with Crippen molar-refractivity contribution in [2.24, 2.45) is 0 Å². The molecule has 1 atom stereocenters. The first-order valence-electron chi connectivity index (χ1n) is 12.8. The number of likely N-dealkylation sites (tertiary alicyclic amines) is 1. The summed E-state index contributed by atoms with van der Waals surface area (Å²) in [7, 11) is 0. The minimum atomic E-state index is -0.563. The predicted octanol–water partition coefficient (Wildman–Crippen LogP) is 3.62. The summed E-state index contributed by atoms with van der Waals surface area (Å²) in [4.78, 5) is 40.9. The molecule has 184 valence electrons. The van der Waals surface area contributed by atoms with Gasteiger partial charge in [-0.05, 0) is 85.3 Å². The van der Waals surface area contributed by atoms with E-state index in [1.807, 2.05) is 18.2 Å². The first-order chi connectivity index (χ1) is 17.5. The first-order valence-corrected chi connectivity index (χ1v) is 12.8. The molecule has 0 bridgehead atoms. The van der Waals surface area contributed by atoms with Crippen LogP contribution in [0, 0.1) is 0 Å². The van der Waals surface area contributed by atoms with E-state index in [0.29, 0.717) is 24.4 Å². The summed E-state index contributed by atoms with van der Waals surface area (Å²) in [6.45, 7) is 3.48. The third-order valence-corrected chi connectivity index (χ3v) is 7.85. The summed E-state index contributed by atoms with van der Waals surface area (Å²) in [6, 6.07) is 18.5. The quantitative estimate of drug-likeness (QED) is 0.564. The predicted molar refractivity (Wildman–Crippen MR) is 136 cm³/mol. The SMILES string of the molecule is O=C1CCC(N2Cc3cc(C4CCN(Cc5ccc(-n6cccc6)cc5)CC4)ccc3C2=O)C(=O)N1. The smallest absolute Gasteiger partial charge is 0.255 e. The number of amides is 3. The van der Waals surface area contributed by atoms with Crippen LogP contribution in [0.5, 0.6) is 0 Å². The largest absolute Gasteiger partial charge is 0.324 e. The maximum Gasteiger partial charge on any atom is 0.255 e. The minimum Gasteiger partial charge on any atom is -0.324 e. The Labute approximate surface area is 210 Å². The van der Waals surface area contributed by atoms with Gasteiger partial charge in [0.25, 0.3) is 5.91 Å². The fourth-order valence-electron chi connectivity index (χ4n) is 5.81. The lowest BCUT2D eigenvalue weighted by atomic mass is 9.87. The molecule has 6 rings (SSSR count). The van der Waals surface area contributed by atoms with Crippen LogP contribution in [0.3, 0.4) is 0 Å². The van der Waals surface area contributed by atoms with E-state index in [0.717, 1.165) is 38.0 Å². The zero-order chi connectivity index (χ0) is 24.6. The van der Waals surface area contributed by atoms with Crippen LogP contribution in [0.15, 0.2) is 67.0 Å². The number of piperidine rings is 2. The molecule has 1 aromatic heterocycles. The molecule has 3 aliphatic heterocycles. The Hall–Kier alpha value is -3.71. The molecule has 4 heterocycles. The molecule has 0 aliphatic carbocycles. The van der Waals surface area contributed by atoms with Crippen molar-refractivity contribution in [1.82, 2.24) is 19.7 Å². The van der Waals surface area contributed by atoms with Crippen molar-refractivity contribution in [3.8, 4) is 5.69 Å². The lowest BCUT2D eigenvalue weighted by Crippen LogP contribution is -2.52. The second-order valence-corrected chi connectivity index (χ2v) is 10.1. The van der Waals surface area contributed by atoms with Crippen molar-refractivity contribution < 1.29 is 14.4 Å². The van der Waals surface area contributed by atoms with Crippen molar-refractivity contribution >= 4 is 17.7 Å². The Balaban J connectivity index is 1.06. The van der Waals surface area contributed by atoms with Gasteiger partial charge in [0.05, 0.1) is 0 Å². The second-order valence-electron chi connectivity index (χ2n) is 10.1. The molecule has 7 heteroatoms. The number of hydrogen-bond acceptors (Lipinski definition) is 4. The molecule has 0 spiro atoms. The lowest BCUT2D eigenvalue weighted by molar-refractivity contribution is -0.136. The summed E-state index contributed by atoms with van der Waals surface area (Å²) in [5.74, 6) is -0.256. The van der Waals surface area contributed by atoms with E-state index >= 15 is 0 Å². The van der Waals surface area contributed by atoms with Gasteiger partial charge in [0.15, 0.2) is 0 Å². The number of rotatable bonds is 5. The van der Waals surface area contributed by atoms with Gasteiger partial charge >= 0.3 is 0 Å². The first kappa shape index (κ1) is 22.7. The number of carbonyl (C=O) groups is 3. The summed E-state index contributed by atoms with van der Waals surface area (Å²) in [5, 5.41) is 2.37. The Morgan fingerprint density at radius 2 is 1.64 bits per heavy atom. The Morgan fingerprint density at radius 3 is 2.36 bits per heavy atom. The van der Waals surface area contributed by atoms with E-state index in [-0.39, 0.29) is 24.1 Å². The highest BCUT2D eigenvalue weighted by Gasteiger charge is 2.39. The van der Waals surface area contributed by atoms with Gasteiger partial charge < -0.3 is 9.47 Å². The molecule has 7 nitrogen and oxygen atoms in total. The number of benzene rings is 2. The van der Waals surface area contributed by atoms with Crippen LogP contribution in [-0.2, 0) is 22.7 Å². The summed E-state index contributed by atoms with van der Waals surface area (Å²) in [6.07, 6.45) is 6.96. The molecule has 3 amide bonds. The molecule has 1 N–H and O–H groups in total. The fourth-order valence-corrected chi connectivity index (χ4v) is 5.81. The van der Waals surface area contributed by atoms with E-state index in [1.54, 1.807) is 4.90 Å². The van der Waals surface area contributed by atoms with E-state index < -0.39 is 6.04 Å². The number of nitrogens with zero attached hydrogens (tertiary/aromatic N) is 3. The van der Waals surface area contributed by atoms with E-state index in [1.165, 1.54) is 16.8 Å². The summed E-state index contributed by atoms with van der Waals surface area (Å²) >= 11 is 0. The second kappa shape index (κ2) is 9.39. The molecule has 0 saturated carbocycles. The maximum absolute atomic E-state index is 13.0. The van der Waals surface area contributed by atoms with Crippen LogP contribution < -0.4 is 5.32 Å². The maximum atomic E-state index is 13.0. The van der Waals surface area contributed by atoms with Crippen LogP contribution in [-0.4, -0.2) is 51.2 Å². The molecule has 3 aromatic rings. The Morgan fingerprint density at radius 1 is 0.889 bits per heavy atom. The van der Waals surface area contributed by atoms with Crippen LogP contribution in [0.1, 0.15) is 58.6 Å². The number of aromatic nitrogens is 1. The highest BCUT2D eigenvalue weighted by molar-refractivity contribution is 6.05. The van der Waals surface area contributed by atoms with Crippen LogP contribution >= 0.6 is 0 Å². The topological polar surface area (TPSA) is 74.7 Å². The van der Waals surface area contributed by atoms with Gasteiger partial charge in [-0.2, -0.15) is 0 Å². The molecule has 3 aliphatic rings. The highest BCUT2D eigenvalue weighted by Crippen LogP contribution is 2.34. The number of carbonyl (C=O) groups excluding carboxylic acids is 3. The number of hydrogen-bond donors (Lipinski definition) is 1. The van der Waals surface area contributed by atoms with Gasteiger partial charge in [-0.15, -0.1) is 0 Å². The van der Waals surface area contributed by atoms with Crippen molar-refractivity contribution in [1.29, 1.82) is 0 Å². The molecule has 2 saturated heterocycles. The number of nitrogens with one attached hydrogen (secondary N) is 1. The van der Waals surface area contributed by atoms with Gasteiger partial charge in [-0.25, -0.2) is 0 Å². The molecular formula is C29H30N4O3. The standard InChI is InChI=1S/C29H30N4O3/c34-27-10-9-26(28(35)30-27)33-19-23-17-22(5-8-25(23)29(33)36)21-11-15-31(16-12-21)18-20-3-6-24(7-4-20)32-13-1-2-14-32/h1-8,13-14,17,21,26H,9-12,15-16,18-19H2,(H,30,34,35). The third kappa shape index (κ3) is 4.35. The molecule has 2 fully saturated rings. The highest BCUT2D eigenvalue weighted by atomic mass is 16.2. The lowest BCUT2D eigenvalue weighted by Gasteiger charge is -2.32. The number of imide groups is 1. The summed E-state index contributed by atoms with van der Waals surface area (Å²) in [5.41, 5.74) is 5.46.